The Balaban J connectivity index is 1.92. The molecule has 25 heavy (non-hydrogen) atoms. The molecule has 0 bridgehead atoms. The van der Waals surface area contributed by atoms with Gasteiger partial charge in [-0.3, -0.25) is 4.79 Å². The molecule has 0 spiro atoms. The third-order valence-electron chi connectivity index (χ3n) is 3.83. The van der Waals surface area contributed by atoms with Crippen LogP contribution in [0.15, 0.2) is 42.9 Å². The molecule has 1 heterocycles. The smallest absolute Gasteiger partial charge is 0.329 e. The topological polar surface area (TPSA) is 84.1 Å². The zero-order chi connectivity index (χ0) is 17.9. The molecule has 0 aliphatic carbocycles. The van der Waals surface area contributed by atoms with Gasteiger partial charge in [0.15, 0.2) is 0 Å². The molecule has 0 radical (unpaired) electrons. The van der Waals surface area contributed by atoms with Crippen molar-refractivity contribution in [1.29, 1.82) is 0 Å². The first kappa shape index (κ1) is 18.7. The molecule has 2 aromatic rings. The number of nitrogens with zero attached hydrogens (tertiary/aromatic N) is 1. The number of aromatic amines is 1. The normalized spacial score (nSPS) is 11.7. The van der Waals surface area contributed by atoms with E-state index in [9.17, 15) is 9.59 Å². The van der Waals surface area contributed by atoms with Crippen molar-refractivity contribution in [2.24, 2.45) is 0 Å². The Morgan fingerprint density at radius 2 is 2.04 bits per heavy atom. The van der Waals surface area contributed by atoms with Gasteiger partial charge in [0, 0.05) is 24.7 Å². The average molecular weight is 343 g/mol. The van der Waals surface area contributed by atoms with Crippen LogP contribution in [-0.4, -0.2) is 27.9 Å². The van der Waals surface area contributed by atoms with Crippen LogP contribution < -0.4 is 5.32 Å². The molecule has 0 saturated heterocycles. The quantitative estimate of drug-likeness (QED) is 0.513. The van der Waals surface area contributed by atoms with Gasteiger partial charge in [0.05, 0.1) is 6.33 Å². The molecule has 6 heteroatoms. The van der Waals surface area contributed by atoms with E-state index >= 15 is 0 Å². The molecule has 134 valence electrons. The largest absolute Gasteiger partial charge is 0.459 e. The van der Waals surface area contributed by atoms with Crippen molar-refractivity contribution in [3.05, 3.63) is 54.1 Å². The van der Waals surface area contributed by atoms with Crippen molar-refractivity contribution in [2.45, 2.75) is 51.7 Å². The monoisotopic (exact) mass is 343 g/mol. The van der Waals surface area contributed by atoms with Crippen molar-refractivity contribution in [3.63, 3.8) is 0 Å². The maximum absolute atomic E-state index is 12.4. The first-order valence-electron chi connectivity index (χ1n) is 8.66. The van der Waals surface area contributed by atoms with Gasteiger partial charge in [-0.1, -0.05) is 50.1 Å². The summed E-state index contributed by atoms with van der Waals surface area (Å²) in [5, 5.41) is 2.79. The molecule has 1 atom stereocenters. The summed E-state index contributed by atoms with van der Waals surface area (Å²) >= 11 is 0. The van der Waals surface area contributed by atoms with E-state index in [0.717, 1.165) is 30.5 Å². The summed E-state index contributed by atoms with van der Waals surface area (Å²) in [7, 11) is 0. The number of nitrogens with one attached hydrogen (secondary N) is 2. The lowest BCUT2D eigenvalue weighted by Gasteiger charge is -2.17. The van der Waals surface area contributed by atoms with Crippen molar-refractivity contribution >= 4 is 11.9 Å². The van der Waals surface area contributed by atoms with Crippen LogP contribution >= 0.6 is 0 Å². The minimum Gasteiger partial charge on any atom is -0.459 e. The molecule has 0 unspecified atom stereocenters. The summed E-state index contributed by atoms with van der Waals surface area (Å²) in [6.45, 7) is 2.27. The highest BCUT2D eigenvalue weighted by molar-refractivity contribution is 5.84. The van der Waals surface area contributed by atoms with E-state index in [-0.39, 0.29) is 12.5 Å². The Hall–Kier alpha value is -2.63. The van der Waals surface area contributed by atoms with Gasteiger partial charge in [0.25, 0.3) is 0 Å². The highest BCUT2D eigenvalue weighted by atomic mass is 16.5. The SMILES string of the molecule is CCCCCC(=O)N[C@@H](Cc1cnc[nH]1)C(=O)OCc1ccccc1. The molecule has 1 aromatic carbocycles. The molecule has 0 saturated carbocycles. The fourth-order valence-corrected chi connectivity index (χ4v) is 2.44. The number of H-pyrrole nitrogens is 1. The zero-order valence-corrected chi connectivity index (χ0v) is 14.5. The summed E-state index contributed by atoms with van der Waals surface area (Å²) in [6.07, 6.45) is 6.79. The van der Waals surface area contributed by atoms with Gasteiger partial charge in [0.2, 0.25) is 5.91 Å². The molecule has 1 aromatic heterocycles. The van der Waals surface area contributed by atoms with Gasteiger partial charge in [-0.2, -0.15) is 0 Å². The Morgan fingerprint density at radius 1 is 1.24 bits per heavy atom. The fourth-order valence-electron chi connectivity index (χ4n) is 2.44. The van der Waals surface area contributed by atoms with E-state index in [1.54, 1.807) is 12.5 Å². The Morgan fingerprint density at radius 3 is 2.72 bits per heavy atom. The molecular weight excluding hydrogens is 318 g/mol. The number of carbonyl (C=O) groups excluding carboxylic acids is 2. The second-order valence-corrected chi connectivity index (χ2v) is 5.95. The Kier molecular flexibility index (Phi) is 7.69. The fraction of sp³-hybridized carbons (Fsp3) is 0.421. The highest BCUT2D eigenvalue weighted by Crippen LogP contribution is 2.06. The van der Waals surface area contributed by atoms with Crippen LogP contribution in [0, 0.1) is 0 Å². The van der Waals surface area contributed by atoms with Gasteiger partial charge >= 0.3 is 5.97 Å². The number of unbranched alkanes of at least 4 members (excludes halogenated alkanes) is 2. The second kappa shape index (κ2) is 10.3. The van der Waals surface area contributed by atoms with E-state index in [0.29, 0.717) is 12.8 Å². The number of aromatic nitrogens is 2. The minimum absolute atomic E-state index is 0.130. The maximum Gasteiger partial charge on any atom is 0.329 e. The van der Waals surface area contributed by atoms with Gasteiger partial charge in [-0.15, -0.1) is 0 Å². The van der Waals surface area contributed by atoms with Crippen molar-refractivity contribution in [1.82, 2.24) is 15.3 Å². The molecular formula is C19H25N3O3. The predicted molar refractivity (Wildman–Crippen MR) is 94.6 cm³/mol. The number of carbonyl (C=O) groups is 2. The lowest BCUT2D eigenvalue weighted by molar-refractivity contribution is -0.149. The number of benzene rings is 1. The number of imidazole rings is 1. The maximum atomic E-state index is 12.4. The van der Waals surface area contributed by atoms with Crippen molar-refractivity contribution in [3.8, 4) is 0 Å². The molecule has 2 N–H and O–H groups in total. The Labute approximate surface area is 148 Å². The van der Waals surface area contributed by atoms with E-state index < -0.39 is 12.0 Å². The third-order valence-corrected chi connectivity index (χ3v) is 3.83. The first-order valence-corrected chi connectivity index (χ1v) is 8.66. The molecule has 6 nitrogen and oxygen atoms in total. The van der Waals surface area contributed by atoms with Gasteiger partial charge in [-0.25, -0.2) is 9.78 Å². The number of ether oxygens (including phenoxy) is 1. The van der Waals surface area contributed by atoms with Crippen LogP contribution in [0.4, 0.5) is 0 Å². The number of rotatable bonds is 10. The summed E-state index contributed by atoms with van der Waals surface area (Å²) in [5.74, 6) is -0.572. The number of hydrogen-bond acceptors (Lipinski definition) is 4. The lowest BCUT2D eigenvalue weighted by atomic mass is 10.1. The third kappa shape index (κ3) is 6.79. The average Bonchev–Trinajstić information content (AvgIpc) is 3.13. The standard InChI is InChI=1S/C19H25N3O3/c1-2-3-5-10-18(23)22-17(11-16-12-20-14-21-16)19(24)25-13-15-8-6-4-7-9-15/h4,6-9,12,14,17H,2-3,5,10-11,13H2,1H3,(H,20,21)(H,22,23)/t17-/m0/s1. The highest BCUT2D eigenvalue weighted by Gasteiger charge is 2.23. The van der Waals surface area contributed by atoms with Crippen LogP contribution in [-0.2, 0) is 27.4 Å². The summed E-state index contributed by atoms with van der Waals surface area (Å²) in [4.78, 5) is 31.4. The molecule has 0 fully saturated rings. The Bertz CT molecular complexity index is 641. The predicted octanol–water partition coefficient (Wildman–Crippen LogP) is 2.76. The van der Waals surface area contributed by atoms with Crippen LogP contribution in [0.25, 0.3) is 0 Å². The zero-order valence-electron chi connectivity index (χ0n) is 14.5. The second-order valence-electron chi connectivity index (χ2n) is 5.95. The van der Waals surface area contributed by atoms with E-state index in [1.807, 2.05) is 30.3 Å². The van der Waals surface area contributed by atoms with E-state index in [4.69, 9.17) is 4.74 Å². The van der Waals surface area contributed by atoms with Crippen LogP contribution in [0.2, 0.25) is 0 Å². The summed E-state index contributed by atoms with van der Waals surface area (Å²) < 4.78 is 5.38. The molecule has 1 amide bonds. The van der Waals surface area contributed by atoms with Gasteiger partial charge < -0.3 is 15.0 Å². The van der Waals surface area contributed by atoms with Crippen molar-refractivity contribution in [2.75, 3.05) is 0 Å². The van der Waals surface area contributed by atoms with E-state index in [1.165, 1.54) is 0 Å². The van der Waals surface area contributed by atoms with E-state index in [2.05, 4.69) is 22.2 Å². The molecule has 2 rings (SSSR count). The first-order chi connectivity index (χ1) is 12.2. The van der Waals surface area contributed by atoms with Gasteiger partial charge in [0.1, 0.15) is 12.6 Å². The van der Waals surface area contributed by atoms with Crippen molar-refractivity contribution < 1.29 is 14.3 Å². The van der Waals surface area contributed by atoms with Gasteiger partial charge in [-0.05, 0) is 12.0 Å². The number of hydrogen-bond donors (Lipinski definition) is 2. The van der Waals surface area contributed by atoms with Crippen LogP contribution in [0.5, 0.6) is 0 Å². The molecule has 0 aliphatic heterocycles. The van der Waals surface area contributed by atoms with Crippen LogP contribution in [0.1, 0.15) is 43.9 Å². The summed E-state index contributed by atoms with van der Waals surface area (Å²) in [6, 6.07) is 8.74. The minimum atomic E-state index is -0.724. The van der Waals surface area contributed by atoms with Crippen LogP contribution in [0.3, 0.4) is 0 Å². The summed E-state index contributed by atoms with van der Waals surface area (Å²) in [5.41, 5.74) is 1.68. The number of esters is 1. The molecule has 0 aliphatic rings. The lowest BCUT2D eigenvalue weighted by Crippen LogP contribution is -2.43. The number of amides is 1.